The molecule has 0 radical (unpaired) electrons. The van der Waals surface area contributed by atoms with E-state index >= 15 is 0 Å². The molecule has 0 bridgehead atoms. The molecule has 2 unspecified atom stereocenters. The molecule has 16 heavy (non-hydrogen) atoms. The van der Waals surface area contributed by atoms with Gasteiger partial charge in [0.25, 0.3) is 0 Å². The zero-order chi connectivity index (χ0) is 11.8. The molecular formula is C14H26O2. The highest BCUT2D eigenvalue weighted by atomic mass is 16.7. The van der Waals surface area contributed by atoms with Crippen molar-refractivity contribution in [2.75, 3.05) is 6.61 Å². The van der Waals surface area contributed by atoms with Gasteiger partial charge in [0.15, 0.2) is 6.29 Å². The van der Waals surface area contributed by atoms with Crippen molar-refractivity contribution in [1.29, 1.82) is 0 Å². The van der Waals surface area contributed by atoms with Crippen molar-refractivity contribution in [2.45, 2.75) is 65.8 Å². The van der Waals surface area contributed by atoms with Crippen LogP contribution in [0.2, 0.25) is 0 Å². The zero-order valence-corrected chi connectivity index (χ0v) is 11.2. The second-order valence-corrected chi connectivity index (χ2v) is 6.63. The number of ether oxygens (including phenoxy) is 2. The van der Waals surface area contributed by atoms with Gasteiger partial charge in [-0.25, -0.2) is 0 Å². The first-order chi connectivity index (χ1) is 7.47. The fourth-order valence-electron chi connectivity index (χ4n) is 3.04. The Morgan fingerprint density at radius 3 is 2.06 bits per heavy atom. The first-order valence-corrected chi connectivity index (χ1v) is 6.74. The standard InChI is InChI=1S/C14H26O2/c1-10-9-15-13(16-10)11-5-7-12(8-6-11)14(2,3)4/h10-13H,5-9H2,1-4H3. The molecule has 1 heterocycles. The summed E-state index contributed by atoms with van der Waals surface area (Å²) in [4.78, 5) is 0. The summed E-state index contributed by atoms with van der Waals surface area (Å²) >= 11 is 0. The van der Waals surface area contributed by atoms with Gasteiger partial charge >= 0.3 is 0 Å². The lowest BCUT2D eigenvalue weighted by Gasteiger charge is -2.38. The minimum Gasteiger partial charge on any atom is -0.350 e. The minimum atomic E-state index is 0.0934. The zero-order valence-electron chi connectivity index (χ0n) is 11.2. The van der Waals surface area contributed by atoms with Crippen molar-refractivity contribution < 1.29 is 9.47 Å². The minimum absolute atomic E-state index is 0.0934. The molecular weight excluding hydrogens is 200 g/mol. The Balaban J connectivity index is 1.81. The van der Waals surface area contributed by atoms with Crippen LogP contribution in [-0.2, 0) is 9.47 Å². The molecule has 0 aromatic heterocycles. The Morgan fingerprint density at radius 1 is 1.00 bits per heavy atom. The smallest absolute Gasteiger partial charge is 0.160 e. The van der Waals surface area contributed by atoms with Crippen molar-refractivity contribution in [1.82, 2.24) is 0 Å². The van der Waals surface area contributed by atoms with Crippen LogP contribution in [0.3, 0.4) is 0 Å². The highest BCUT2D eigenvalue weighted by Gasteiger charge is 2.36. The van der Waals surface area contributed by atoms with E-state index in [9.17, 15) is 0 Å². The lowest BCUT2D eigenvalue weighted by molar-refractivity contribution is -0.108. The summed E-state index contributed by atoms with van der Waals surface area (Å²) in [6.45, 7) is 9.97. The predicted molar refractivity (Wildman–Crippen MR) is 65.2 cm³/mol. The van der Waals surface area contributed by atoms with Crippen molar-refractivity contribution in [3.63, 3.8) is 0 Å². The third-order valence-corrected chi connectivity index (χ3v) is 4.24. The summed E-state index contributed by atoms with van der Waals surface area (Å²) in [7, 11) is 0. The van der Waals surface area contributed by atoms with Crippen molar-refractivity contribution in [3.8, 4) is 0 Å². The molecule has 2 heteroatoms. The number of rotatable bonds is 1. The molecule has 0 aromatic carbocycles. The van der Waals surface area contributed by atoms with Gasteiger partial charge in [-0.1, -0.05) is 20.8 Å². The topological polar surface area (TPSA) is 18.5 Å². The van der Waals surface area contributed by atoms with E-state index in [1.54, 1.807) is 0 Å². The van der Waals surface area contributed by atoms with E-state index < -0.39 is 0 Å². The van der Waals surface area contributed by atoms with Gasteiger partial charge in [-0.15, -0.1) is 0 Å². The largest absolute Gasteiger partial charge is 0.350 e. The van der Waals surface area contributed by atoms with Crippen LogP contribution >= 0.6 is 0 Å². The molecule has 0 spiro atoms. The first kappa shape index (κ1) is 12.4. The van der Waals surface area contributed by atoms with Gasteiger partial charge < -0.3 is 9.47 Å². The van der Waals surface area contributed by atoms with Crippen molar-refractivity contribution >= 4 is 0 Å². The summed E-state index contributed by atoms with van der Waals surface area (Å²) < 4.78 is 11.5. The van der Waals surface area contributed by atoms with Crippen LogP contribution in [-0.4, -0.2) is 19.0 Å². The summed E-state index contributed by atoms with van der Waals surface area (Å²) in [5.74, 6) is 1.52. The lowest BCUT2D eigenvalue weighted by Crippen LogP contribution is -2.31. The Hall–Kier alpha value is -0.0800. The van der Waals surface area contributed by atoms with E-state index in [4.69, 9.17) is 9.47 Å². The van der Waals surface area contributed by atoms with Gasteiger partial charge in [0.05, 0.1) is 12.7 Å². The van der Waals surface area contributed by atoms with Crippen LogP contribution < -0.4 is 0 Å². The van der Waals surface area contributed by atoms with Gasteiger partial charge in [0.2, 0.25) is 0 Å². The second-order valence-electron chi connectivity index (χ2n) is 6.63. The van der Waals surface area contributed by atoms with Gasteiger partial charge in [0, 0.05) is 5.92 Å². The van der Waals surface area contributed by atoms with Crippen LogP contribution in [0, 0.1) is 17.3 Å². The van der Waals surface area contributed by atoms with E-state index in [1.807, 2.05) is 0 Å². The van der Waals surface area contributed by atoms with E-state index in [0.29, 0.717) is 17.4 Å². The average molecular weight is 226 g/mol. The molecule has 0 aromatic rings. The fourth-order valence-corrected chi connectivity index (χ4v) is 3.04. The van der Waals surface area contributed by atoms with Gasteiger partial charge in [0.1, 0.15) is 0 Å². The molecule has 1 saturated heterocycles. The third kappa shape index (κ3) is 2.78. The molecule has 1 aliphatic heterocycles. The third-order valence-electron chi connectivity index (χ3n) is 4.24. The number of hydrogen-bond donors (Lipinski definition) is 0. The van der Waals surface area contributed by atoms with Crippen molar-refractivity contribution in [3.05, 3.63) is 0 Å². The van der Waals surface area contributed by atoms with E-state index in [2.05, 4.69) is 27.7 Å². The molecule has 2 aliphatic rings. The van der Waals surface area contributed by atoms with E-state index in [-0.39, 0.29) is 6.29 Å². The molecule has 2 rings (SSSR count). The van der Waals surface area contributed by atoms with Crippen LogP contribution in [0.25, 0.3) is 0 Å². The first-order valence-electron chi connectivity index (χ1n) is 6.74. The molecule has 0 N–H and O–H groups in total. The monoisotopic (exact) mass is 226 g/mol. The average Bonchev–Trinajstić information content (AvgIpc) is 2.64. The van der Waals surface area contributed by atoms with Gasteiger partial charge in [-0.05, 0) is 43.9 Å². The molecule has 2 fully saturated rings. The Kier molecular flexibility index (Phi) is 3.60. The van der Waals surface area contributed by atoms with E-state index in [0.717, 1.165) is 12.5 Å². The Bertz CT molecular complexity index is 223. The normalized spacial score (nSPS) is 41.2. The van der Waals surface area contributed by atoms with Crippen molar-refractivity contribution in [2.24, 2.45) is 17.3 Å². The summed E-state index contributed by atoms with van der Waals surface area (Å²) in [6.07, 6.45) is 5.62. The maximum absolute atomic E-state index is 5.80. The van der Waals surface area contributed by atoms with Crippen LogP contribution in [0.15, 0.2) is 0 Å². The highest BCUT2D eigenvalue weighted by Crippen LogP contribution is 2.42. The molecule has 1 aliphatic carbocycles. The Labute approximate surface area is 99.7 Å². The Morgan fingerprint density at radius 2 is 1.62 bits per heavy atom. The van der Waals surface area contributed by atoms with Crippen LogP contribution in [0.1, 0.15) is 53.4 Å². The quantitative estimate of drug-likeness (QED) is 0.680. The molecule has 0 amide bonds. The number of hydrogen-bond acceptors (Lipinski definition) is 2. The second kappa shape index (κ2) is 4.66. The molecule has 2 atom stereocenters. The summed E-state index contributed by atoms with van der Waals surface area (Å²) in [5.41, 5.74) is 0.468. The molecule has 1 saturated carbocycles. The van der Waals surface area contributed by atoms with Gasteiger partial charge in [-0.2, -0.15) is 0 Å². The predicted octanol–water partition coefficient (Wildman–Crippen LogP) is 3.60. The maximum atomic E-state index is 5.80. The SMILES string of the molecule is CC1COC(C2CCC(C(C)(C)C)CC2)O1. The summed E-state index contributed by atoms with van der Waals surface area (Å²) in [6, 6.07) is 0. The summed E-state index contributed by atoms with van der Waals surface area (Å²) in [5, 5.41) is 0. The fraction of sp³-hybridized carbons (Fsp3) is 1.00. The van der Waals surface area contributed by atoms with E-state index in [1.165, 1.54) is 25.7 Å². The van der Waals surface area contributed by atoms with Crippen LogP contribution in [0.4, 0.5) is 0 Å². The highest BCUT2D eigenvalue weighted by molar-refractivity contribution is 4.82. The van der Waals surface area contributed by atoms with Gasteiger partial charge in [-0.3, -0.25) is 0 Å². The molecule has 2 nitrogen and oxygen atoms in total. The lowest BCUT2D eigenvalue weighted by atomic mass is 9.70. The van der Waals surface area contributed by atoms with Crippen LogP contribution in [0.5, 0.6) is 0 Å². The maximum Gasteiger partial charge on any atom is 0.160 e. The molecule has 94 valence electrons.